The van der Waals surface area contributed by atoms with Crippen LogP contribution in [-0.2, 0) is 10.2 Å². The molecule has 0 bridgehead atoms. The molecule has 0 saturated heterocycles. The van der Waals surface area contributed by atoms with Crippen LogP contribution in [0.3, 0.4) is 0 Å². The highest BCUT2D eigenvalue weighted by Crippen LogP contribution is 2.43. The number of hydrogen-bond donors (Lipinski definition) is 1. The molecule has 3 nitrogen and oxygen atoms in total. The van der Waals surface area contributed by atoms with E-state index in [1.807, 2.05) is 12.1 Å². The van der Waals surface area contributed by atoms with Crippen LogP contribution >= 0.6 is 0 Å². The summed E-state index contributed by atoms with van der Waals surface area (Å²) in [5.41, 5.74) is 0.676. The lowest BCUT2D eigenvalue weighted by molar-refractivity contribution is -0.145. The molecule has 1 aromatic carbocycles. The molecule has 0 heterocycles. The van der Waals surface area contributed by atoms with E-state index in [2.05, 4.69) is 13.0 Å². The van der Waals surface area contributed by atoms with Crippen LogP contribution in [0.15, 0.2) is 24.3 Å². The van der Waals surface area contributed by atoms with E-state index in [0.29, 0.717) is 24.3 Å². The number of carboxylic acids is 1. The maximum absolute atomic E-state index is 11.9. The Morgan fingerprint density at radius 2 is 1.95 bits per heavy atom. The van der Waals surface area contributed by atoms with E-state index in [1.54, 1.807) is 12.1 Å². The van der Waals surface area contributed by atoms with Gasteiger partial charge in [-0.25, -0.2) is 0 Å². The van der Waals surface area contributed by atoms with E-state index in [4.69, 9.17) is 5.26 Å². The molecule has 112 valence electrons. The fourth-order valence-electron chi connectivity index (χ4n) is 3.44. The van der Waals surface area contributed by atoms with Crippen LogP contribution in [-0.4, -0.2) is 11.1 Å². The van der Waals surface area contributed by atoms with E-state index in [9.17, 15) is 9.90 Å². The first-order valence-electron chi connectivity index (χ1n) is 7.86. The number of hydrogen-bond acceptors (Lipinski definition) is 2. The van der Waals surface area contributed by atoms with Crippen LogP contribution in [0.1, 0.15) is 63.0 Å². The van der Waals surface area contributed by atoms with Crippen LogP contribution in [0.4, 0.5) is 0 Å². The summed E-state index contributed by atoms with van der Waals surface area (Å²) in [5, 5.41) is 18.6. The maximum atomic E-state index is 11.9. The van der Waals surface area contributed by atoms with E-state index >= 15 is 0 Å². The van der Waals surface area contributed by atoms with E-state index in [-0.39, 0.29) is 0 Å². The van der Waals surface area contributed by atoms with Gasteiger partial charge in [0.1, 0.15) is 0 Å². The third-order valence-electron chi connectivity index (χ3n) is 4.90. The molecule has 1 fully saturated rings. The van der Waals surface area contributed by atoms with Gasteiger partial charge >= 0.3 is 5.97 Å². The van der Waals surface area contributed by atoms with E-state index in [0.717, 1.165) is 18.4 Å². The van der Waals surface area contributed by atoms with Crippen molar-refractivity contribution in [2.75, 3.05) is 0 Å². The molecule has 0 aromatic heterocycles. The summed E-state index contributed by atoms with van der Waals surface area (Å²) < 4.78 is 0. The zero-order chi connectivity index (χ0) is 15.3. The predicted molar refractivity (Wildman–Crippen MR) is 82.0 cm³/mol. The second-order valence-electron chi connectivity index (χ2n) is 6.16. The largest absolute Gasteiger partial charge is 0.481 e. The number of carboxylic acid groups (broad SMARTS) is 1. The summed E-state index contributed by atoms with van der Waals surface area (Å²) in [6, 6.07) is 9.17. The van der Waals surface area contributed by atoms with E-state index < -0.39 is 11.4 Å². The van der Waals surface area contributed by atoms with Gasteiger partial charge in [-0.1, -0.05) is 38.3 Å². The number of rotatable bonds is 5. The summed E-state index contributed by atoms with van der Waals surface area (Å²) in [4.78, 5) is 11.9. The average molecular weight is 285 g/mol. The number of nitrogens with zero attached hydrogens (tertiary/aromatic N) is 1. The number of unbranched alkanes of at least 4 members (excludes halogenated alkanes) is 1. The van der Waals surface area contributed by atoms with Gasteiger partial charge < -0.3 is 5.11 Å². The monoisotopic (exact) mass is 285 g/mol. The van der Waals surface area contributed by atoms with Gasteiger partial charge in [-0.05, 0) is 49.3 Å². The third-order valence-corrected chi connectivity index (χ3v) is 4.90. The first kappa shape index (κ1) is 15.6. The first-order chi connectivity index (χ1) is 10.1. The van der Waals surface area contributed by atoms with Crippen LogP contribution < -0.4 is 0 Å². The minimum Gasteiger partial charge on any atom is -0.481 e. The van der Waals surface area contributed by atoms with Crippen molar-refractivity contribution in [3.8, 4) is 6.07 Å². The lowest BCUT2D eigenvalue weighted by Gasteiger charge is -2.37. The van der Waals surface area contributed by atoms with Crippen LogP contribution in [0.5, 0.6) is 0 Å². The minimum atomic E-state index is -0.753. The van der Waals surface area contributed by atoms with Gasteiger partial charge in [0.2, 0.25) is 0 Å². The Morgan fingerprint density at radius 3 is 2.43 bits per heavy atom. The van der Waals surface area contributed by atoms with Crippen LogP contribution in [0.25, 0.3) is 0 Å². The number of nitriles is 1. The highest BCUT2D eigenvalue weighted by atomic mass is 16.4. The van der Waals surface area contributed by atoms with Crippen molar-refractivity contribution in [1.82, 2.24) is 0 Å². The van der Waals surface area contributed by atoms with Gasteiger partial charge in [-0.15, -0.1) is 0 Å². The number of carbonyl (C=O) groups is 1. The summed E-state index contributed by atoms with van der Waals surface area (Å²) >= 11 is 0. The van der Waals surface area contributed by atoms with Gasteiger partial charge in [0.25, 0.3) is 0 Å². The van der Waals surface area contributed by atoms with Crippen molar-refractivity contribution >= 4 is 5.97 Å². The summed E-state index contributed by atoms with van der Waals surface area (Å²) in [7, 11) is 0. The standard InChI is InChI=1S/C18H23NO2/c1-2-3-4-14-9-11-18(12-10-14,17(20)21)16-7-5-15(13-19)6-8-16/h5-8,14H,2-4,9-12H2,1H3,(H,20,21). The Hall–Kier alpha value is -1.82. The van der Waals surface area contributed by atoms with Crippen molar-refractivity contribution in [3.63, 3.8) is 0 Å². The summed E-state index contributed by atoms with van der Waals surface area (Å²) in [6.07, 6.45) is 7.07. The third kappa shape index (κ3) is 3.26. The maximum Gasteiger partial charge on any atom is 0.314 e. The predicted octanol–water partition coefficient (Wildman–Crippen LogP) is 4.26. The van der Waals surface area contributed by atoms with Gasteiger partial charge in [0, 0.05) is 0 Å². The smallest absolute Gasteiger partial charge is 0.314 e. The first-order valence-corrected chi connectivity index (χ1v) is 7.86. The highest BCUT2D eigenvalue weighted by Gasteiger charge is 2.43. The highest BCUT2D eigenvalue weighted by molar-refractivity contribution is 5.81. The molecule has 0 amide bonds. The molecule has 0 aliphatic heterocycles. The Morgan fingerprint density at radius 1 is 1.33 bits per heavy atom. The molecule has 1 aliphatic rings. The van der Waals surface area contributed by atoms with Crippen molar-refractivity contribution in [3.05, 3.63) is 35.4 Å². The van der Waals surface area contributed by atoms with Gasteiger partial charge in [0.05, 0.1) is 17.0 Å². The molecule has 1 aromatic rings. The molecule has 1 N–H and O–H groups in total. The topological polar surface area (TPSA) is 61.1 Å². The van der Waals surface area contributed by atoms with Crippen LogP contribution in [0, 0.1) is 17.2 Å². The average Bonchev–Trinajstić information content (AvgIpc) is 2.53. The Bertz CT molecular complexity index is 519. The lowest BCUT2D eigenvalue weighted by Crippen LogP contribution is -2.39. The van der Waals surface area contributed by atoms with Gasteiger partial charge in [0.15, 0.2) is 0 Å². The summed E-state index contributed by atoms with van der Waals surface area (Å²) in [5.74, 6) is -0.0445. The Labute approximate surface area is 126 Å². The fourth-order valence-corrected chi connectivity index (χ4v) is 3.44. The molecule has 0 spiro atoms. The molecule has 0 atom stereocenters. The molecule has 0 radical (unpaired) electrons. The fraction of sp³-hybridized carbons (Fsp3) is 0.556. The zero-order valence-electron chi connectivity index (χ0n) is 12.6. The van der Waals surface area contributed by atoms with Crippen molar-refractivity contribution in [1.29, 1.82) is 5.26 Å². The molecule has 1 saturated carbocycles. The number of aliphatic carboxylic acids is 1. The SMILES string of the molecule is CCCCC1CCC(C(=O)O)(c2ccc(C#N)cc2)CC1. The zero-order valence-corrected chi connectivity index (χ0v) is 12.6. The van der Waals surface area contributed by atoms with Crippen LogP contribution in [0.2, 0.25) is 0 Å². The Kier molecular flexibility index (Phi) is 5.01. The molecule has 0 unspecified atom stereocenters. The van der Waals surface area contributed by atoms with Gasteiger partial charge in [-0.2, -0.15) is 5.26 Å². The second-order valence-corrected chi connectivity index (χ2v) is 6.16. The lowest BCUT2D eigenvalue weighted by atomic mass is 9.66. The number of benzene rings is 1. The normalized spacial score (nSPS) is 25.2. The quantitative estimate of drug-likeness (QED) is 0.879. The minimum absolute atomic E-state index is 0.580. The second kappa shape index (κ2) is 6.76. The molecule has 3 heteroatoms. The molecular weight excluding hydrogens is 262 g/mol. The molecule has 21 heavy (non-hydrogen) atoms. The van der Waals surface area contributed by atoms with Gasteiger partial charge in [-0.3, -0.25) is 4.79 Å². The van der Waals surface area contributed by atoms with Crippen molar-refractivity contribution < 1.29 is 9.90 Å². The Balaban J connectivity index is 2.16. The van der Waals surface area contributed by atoms with Crippen molar-refractivity contribution in [2.45, 2.75) is 57.3 Å². The summed E-state index contributed by atoms with van der Waals surface area (Å²) in [6.45, 7) is 2.20. The van der Waals surface area contributed by atoms with Crippen molar-refractivity contribution in [2.24, 2.45) is 5.92 Å². The molecular formula is C18H23NO2. The van der Waals surface area contributed by atoms with E-state index in [1.165, 1.54) is 19.3 Å². The molecule has 2 rings (SSSR count). The molecule has 1 aliphatic carbocycles.